The van der Waals surface area contributed by atoms with E-state index in [4.69, 9.17) is 5.11 Å². The van der Waals surface area contributed by atoms with Crippen LogP contribution in [0.2, 0.25) is 0 Å². The first-order chi connectivity index (χ1) is 2.27. The largest absolute Gasteiger partial charge is 3.00 e. The summed E-state index contributed by atoms with van der Waals surface area (Å²) < 4.78 is 0. The van der Waals surface area contributed by atoms with Gasteiger partial charge < -0.3 is 10.8 Å². The summed E-state index contributed by atoms with van der Waals surface area (Å²) in [5, 5.41) is 7.60. The number of nitrogens with two attached hydrogens (primary N) is 1. The normalized spacial score (nSPS) is 2.47. The molecule has 0 radical (unpaired) electrons. The van der Waals surface area contributed by atoms with E-state index >= 15 is 0 Å². The molecule has 15 heavy (non-hydrogen) atoms. The number of hydrogen-bond acceptors (Lipinski definition) is 2. The number of aliphatic carboxylic acids is 1. The van der Waals surface area contributed by atoms with E-state index in [-0.39, 0.29) is 149 Å². The van der Waals surface area contributed by atoms with Crippen LogP contribution in [0.15, 0.2) is 0 Å². The van der Waals surface area contributed by atoms with Gasteiger partial charge in [-0.3, -0.25) is 4.79 Å². The SMILES string of the molecule is Cl.Cl.Cl.Cl.Cl.Cl.Cl.Cl.NCC(=O)O.[Al+3].[Zr+2]. The maximum Gasteiger partial charge on any atom is 3.00 e. The Kier molecular flexibility index (Phi) is 607. The maximum atomic E-state index is 9.24. The van der Waals surface area contributed by atoms with Crippen LogP contribution in [0.3, 0.4) is 0 Å². The van der Waals surface area contributed by atoms with E-state index in [1.54, 1.807) is 0 Å². The molecular weight excluding hydrogens is 472 g/mol. The molecule has 0 heterocycles. The van der Waals surface area contributed by atoms with Crippen molar-refractivity contribution < 1.29 is 36.1 Å². The minimum atomic E-state index is -0.968. The Balaban J connectivity index is -0.00000000178. The standard InChI is InChI=1S/C2H5NO2.Al.8ClH.Zr/c3-1-2(4)5;;;;;;;;;;/h1,3H2,(H,4,5);;8*1H;/q;+3;;;;;;;;;+2. The van der Waals surface area contributed by atoms with Gasteiger partial charge in [0.25, 0.3) is 0 Å². The Hall–Kier alpha value is 3.17. The van der Waals surface area contributed by atoms with Gasteiger partial charge in [-0.25, -0.2) is 0 Å². The zero-order chi connectivity index (χ0) is 4.28. The average molecular weight is 485 g/mol. The number of hydrogen-bond donors (Lipinski definition) is 2. The predicted octanol–water partition coefficient (Wildman–Crippen LogP) is 2.02. The topological polar surface area (TPSA) is 63.3 Å². The van der Waals surface area contributed by atoms with Crippen molar-refractivity contribution in [3.63, 3.8) is 0 Å². The van der Waals surface area contributed by atoms with Crippen LogP contribution >= 0.6 is 99.3 Å². The molecule has 13 heteroatoms. The third-order valence-electron chi connectivity index (χ3n) is 0.175. The Bertz CT molecular complexity index is 65.9. The summed E-state index contributed by atoms with van der Waals surface area (Å²) in [5.74, 6) is -0.968. The molecule has 0 aromatic carbocycles. The second kappa shape index (κ2) is 87.4. The van der Waals surface area contributed by atoms with E-state index in [0.717, 1.165) is 0 Å². The number of carbonyl (C=O) groups is 1. The number of carboxylic acid groups (broad SMARTS) is 1. The van der Waals surface area contributed by atoms with Gasteiger partial charge in [-0.2, -0.15) is 0 Å². The molecule has 3 nitrogen and oxygen atoms in total. The fraction of sp³-hybridized carbons (Fsp3) is 0.500. The molecule has 0 aromatic rings. The summed E-state index contributed by atoms with van der Waals surface area (Å²) in [6, 6.07) is 0. The van der Waals surface area contributed by atoms with Gasteiger partial charge in [0.15, 0.2) is 0 Å². The van der Waals surface area contributed by atoms with E-state index in [1.807, 2.05) is 0 Å². The minimum absolute atomic E-state index is 0. The van der Waals surface area contributed by atoms with Gasteiger partial charge in [0, 0.05) is 0 Å². The van der Waals surface area contributed by atoms with Crippen molar-refractivity contribution in [2.45, 2.75) is 0 Å². The molecule has 0 rings (SSSR count). The Morgan fingerprint density at radius 3 is 0.933 bits per heavy atom. The third-order valence-corrected chi connectivity index (χ3v) is 0.175. The van der Waals surface area contributed by atoms with Crippen LogP contribution in [0.5, 0.6) is 0 Å². The van der Waals surface area contributed by atoms with Gasteiger partial charge in [-0.1, -0.05) is 0 Å². The van der Waals surface area contributed by atoms with Crippen molar-refractivity contribution in [3.05, 3.63) is 0 Å². The molecule has 96 valence electrons. The molecule has 0 saturated carbocycles. The van der Waals surface area contributed by atoms with Crippen molar-refractivity contribution in [1.29, 1.82) is 0 Å². The van der Waals surface area contributed by atoms with Crippen LogP contribution in [-0.4, -0.2) is 35.0 Å². The summed E-state index contributed by atoms with van der Waals surface area (Å²) in [5.41, 5.74) is 4.57. The molecule has 0 amide bonds. The molecule has 0 unspecified atom stereocenters. The van der Waals surface area contributed by atoms with Gasteiger partial charge in [0.2, 0.25) is 0 Å². The fourth-order valence-electron chi connectivity index (χ4n) is 0. The monoisotopic (exact) mass is 480 g/mol. The van der Waals surface area contributed by atoms with Crippen molar-refractivity contribution >= 4 is 123 Å². The molecule has 0 aromatic heterocycles. The fourth-order valence-corrected chi connectivity index (χ4v) is 0. The van der Waals surface area contributed by atoms with Gasteiger partial charge >= 0.3 is 49.5 Å². The Morgan fingerprint density at radius 2 is 0.933 bits per heavy atom. The summed E-state index contributed by atoms with van der Waals surface area (Å²) in [4.78, 5) is 9.24. The second-order valence-corrected chi connectivity index (χ2v) is 0.598. The first kappa shape index (κ1) is 104. The quantitative estimate of drug-likeness (QED) is 0.560. The molecule has 0 atom stereocenters. The van der Waals surface area contributed by atoms with Crippen LogP contribution < -0.4 is 5.73 Å². The first-order valence-electron chi connectivity index (χ1n) is 1.19. The van der Waals surface area contributed by atoms with Crippen LogP contribution in [0.4, 0.5) is 0 Å². The van der Waals surface area contributed by atoms with Crippen molar-refractivity contribution in [2.24, 2.45) is 5.73 Å². The molecule has 0 saturated heterocycles. The molecule has 3 N–H and O–H groups in total. The molecule has 0 aliphatic rings. The van der Waals surface area contributed by atoms with Gasteiger partial charge in [-0.05, 0) is 0 Å². The van der Waals surface area contributed by atoms with Gasteiger partial charge in [0.05, 0.1) is 6.54 Å². The zero-order valence-corrected chi connectivity index (χ0v) is 17.1. The van der Waals surface area contributed by atoms with Crippen molar-refractivity contribution in [1.82, 2.24) is 0 Å². The van der Waals surface area contributed by atoms with Gasteiger partial charge in [0.1, 0.15) is 0 Å². The second-order valence-electron chi connectivity index (χ2n) is 0.598. The number of carboxylic acids is 1. The smallest absolute Gasteiger partial charge is 0.480 e. The number of halogens is 8. The maximum absolute atomic E-state index is 9.24. The summed E-state index contributed by atoms with van der Waals surface area (Å²) >= 11 is 0. The van der Waals surface area contributed by atoms with Crippen LogP contribution in [-0.2, 0) is 31.0 Å². The van der Waals surface area contributed by atoms with Crippen molar-refractivity contribution in [3.8, 4) is 0 Å². The molecule has 0 bridgehead atoms. The molecule has 0 aliphatic carbocycles. The third kappa shape index (κ3) is 148. The van der Waals surface area contributed by atoms with E-state index < -0.39 is 5.97 Å². The van der Waals surface area contributed by atoms with Gasteiger partial charge in [-0.15, -0.1) is 99.3 Å². The molecule has 0 spiro atoms. The first-order valence-corrected chi connectivity index (χ1v) is 1.19. The zero-order valence-electron chi connectivity index (χ0n) is 6.98. The molecular formula is C2H13AlCl8NO2Zr+5. The van der Waals surface area contributed by atoms with E-state index in [9.17, 15) is 4.79 Å². The average Bonchev–Trinajstić information content (AvgIpc) is 1.38. The van der Waals surface area contributed by atoms with Crippen LogP contribution in [0.1, 0.15) is 0 Å². The molecule has 0 aliphatic heterocycles. The van der Waals surface area contributed by atoms with E-state index in [2.05, 4.69) is 5.73 Å². The predicted molar refractivity (Wildman–Crippen MR) is 80.4 cm³/mol. The Morgan fingerprint density at radius 1 is 0.867 bits per heavy atom. The summed E-state index contributed by atoms with van der Waals surface area (Å²) in [6.07, 6.45) is 0. The van der Waals surface area contributed by atoms with Crippen LogP contribution in [0, 0.1) is 0 Å². The minimum Gasteiger partial charge on any atom is -0.480 e. The van der Waals surface area contributed by atoms with E-state index in [0.29, 0.717) is 0 Å². The number of rotatable bonds is 1. The van der Waals surface area contributed by atoms with Crippen molar-refractivity contribution in [2.75, 3.05) is 6.54 Å². The van der Waals surface area contributed by atoms with Crippen LogP contribution in [0.25, 0.3) is 0 Å². The Labute approximate surface area is 169 Å². The molecule has 0 fully saturated rings. The summed E-state index contributed by atoms with van der Waals surface area (Å²) in [7, 11) is 0. The van der Waals surface area contributed by atoms with E-state index in [1.165, 1.54) is 0 Å². The summed E-state index contributed by atoms with van der Waals surface area (Å²) in [6.45, 7) is -0.278.